The number of carbonyl (C=O) groups is 1. The van der Waals surface area contributed by atoms with E-state index in [1.807, 2.05) is 0 Å². The van der Waals surface area contributed by atoms with Gasteiger partial charge in [-0.05, 0) is 43.2 Å². The normalized spacial score (nSPS) is 20.6. The molecular weight excluding hydrogens is 296 g/mol. The lowest BCUT2D eigenvalue weighted by molar-refractivity contribution is -0.137. The molecule has 3 nitrogen and oxygen atoms in total. The third-order valence-corrected chi connectivity index (χ3v) is 6.17. The summed E-state index contributed by atoms with van der Waals surface area (Å²) in [5, 5.41) is 1.33. The second-order valence-corrected chi connectivity index (χ2v) is 7.62. The average molecular weight is 324 g/mol. The Kier molecular flexibility index (Phi) is 4.34. The molecule has 2 aromatic rings. The van der Waals surface area contributed by atoms with Crippen molar-refractivity contribution < 1.29 is 4.79 Å². The summed E-state index contributed by atoms with van der Waals surface area (Å²) in [5.41, 5.74) is 2.74. The second-order valence-electron chi connectivity index (χ2n) is 7.62. The maximum atomic E-state index is 12.7. The molecule has 0 N–H and O–H groups in total. The van der Waals surface area contributed by atoms with Crippen molar-refractivity contribution >= 4 is 16.8 Å². The summed E-state index contributed by atoms with van der Waals surface area (Å²) in [6, 6.07) is 11.0. The topological polar surface area (TPSA) is 25.2 Å². The van der Waals surface area contributed by atoms with Crippen LogP contribution in [0.5, 0.6) is 0 Å². The zero-order valence-electron chi connectivity index (χ0n) is 14.7. The molecule has 1 saturated heterocycles. The van der Waals surface area contributed by atoms with Gasteiger partial charge in [0, 0.05) is 43.2 Å². The average Bonchev–Trinajstić information content (AvgIpc) is 2.99. The van der Waals surface area contributed by atoms with E-state index in [1.165, 1.54) is 35.9 Å². The van der Waals surface area contributed by atoms with E-state index in [2.05, 4.69) is 46.8 Å². The predicted octanol–water partition coefficient (Wildman–Crippen LogP) is 4.46. The molecule has 0 unspecified atom stereocenters. The van der Waals surface area contributed by atoms with E-state index in [0.29, 0.717) is 17.7 Å². The fraction of sp³-hybridized carbons (Fsp3) is 0.571. The van der Waals surface area contributed by atoms with Gasteiger partial charge < -0.3 is 9.47 Å². The largest absolute Gasteiger partial charge is 0.347 e. The van der Waals surface area contributed by atoms with Crippen molar-refractivity contribution in [3.8, 4) is 0 Å². The molecule has 4 rings (SSSR count). The van der Waals surface area contributed by atoms with Gasteiger partial charge in [0.05, 0.1) is 0 Å². The summed E-state index contributed by atoms with van der Waals surface area (Å²) < 4.78 is 2.35. The van der Waals surface area contributed by atoms with Crippen LogP contribution in [0.3, 0.4) is 0 Å². The van der Waals surface area contributed by atoms with E-state index in [0.717, 1.165) is 38.8 Å². The van der Waals surface area contributed by atoms with Crippen LogP contribution in [-0.4, -0.2) is 28.5 Å². The van der Waals surface area contributed by atoms with Gasteiger partial charge in [0.25, 0.3) is 0 Å². The summed E-state index contributed by atoms with van der Waals surface area (Å²) in [4.78, 5) is 14.9. The van der Waals surface area contributed by atoms with Crippen molar-refractivity contribution in [1.29, 1.82) is 0 Å². The van der Waals surface area contributed by atoms with Crippen LogP contribution in [0.2, 0.25) is 0 Å². The Morgan fingerprint density at radius 1 is 1.00 bits per heavy atom. The van der Waals surface area contributed by atoms with Gasteiger partial charge in [-0.2, -0.15) is 0 Å². The summed E-state index contributed by atoms with van der Waals surface area (Å²) in [5.74, 6) is 1.33. The molecule has 0 radical (unpaired) electrons. The van der Waals surface area contributed by atoms with E-state index in [4.69, 9.17) is 0 Å². The van der Waals surface area contributed by atoms with E-state index >= 15 is 0 Å². The minimum atomic E-state index is 0.313. The van der Waals surface area contributed by atoms with Crippen LogP contribution >= 0.6 is 0 Å². The Labute approximate surface area is 144 Å². The zero-order chi connectivity index (χ0) is 16.5. The van der Waals surface area contributed by atoms with E-state index < -0.39 is 0 Å². The fourth-order valence-electron chi connectivity index (χ4n) is 4.71. The number of aromatic nitrogens is 1. The Morgan fingerprint density at radius 2 is 1.71 bits per heavy atom. The molecular formula is C21H28N2O. The summed E-state index contributed by atoms with van der Waals surface area (Å²) in [6.45, 7) is 1.86. The monoisotopic (exact) mass is 324 g/mol. The summed E-state index contributed by atoms with van der Waals surface area (Å²) in [6.07, 6.45) is 8.22. The third-order valence-electron chi connectivity index (χ3n) is 6.17. The molecule has 0 atom stereocenters. The number of nitrogens with zero attached hydrogens (tertiary/aromatic N) is 2. The lowest BCUT2D eigenvalue weighted by Crippen LogP contribution is -2.42. The number of fused-ring (bicyclic) bond motifs is 1. The van der Waals surface area contributed by atoms with Crippen molar-refractivity contribution in [1.82, 2.24) is 9.47 Å². The van der Waals surface area contributed by atoms with Crippen LogP contribution in [0.15, 0.2) is 30.3 Å². The molecule has 2 heterocycles. The quantitative estimate of drug-likeness (QED) is 0.800. The van der Waals surface area contributed by atoms with Crippen molar-refractivity contribution in [3.63, 3.8) is 0 Å². The van der Waals surface area contributed by atoms with Crippen LogP contribution in [0.4, 0.5) is 0 Å². The molecule has 1 aliphatic heterocycles. The molecule has 1 aromatic carbocycles. The number of rotatable bonds is 2. The van der Waals surface area contributed by atoms with E-state index in [9.17, 15) is 4.79 Å². The van der Waals surface area contributed by atoms with Gasteiger partial charge in [-0.1, -0.05) is 37.5 Å². The number of hydrogen-bond acceptors (Lipinski definition) is 1. The number of benzene rings is 1. The van der Waals surface area contributed by atoms with Crippen LogP contribution in [0, 0.1) is 5.92 Å². The molecule has 0 spiro atoms. The van der Waals surface area contributed by atoms with E-state index in [1.54, 1.807) is 0 Å². The number of aryl methyl sites for hydroxylation is 1. The van der Waals surface area contributed by atoms with Gasteiger partial charge in [0.15, 0.2) is 0 Å². The van der Waals surface area contributed by atoms with Gasteiger partial charge in [-0.15, -0.1) is 0 Å². The number of para-hydroxylation sites is 1. The molecule has 2 aliphatic rings. The molecule has 1 amide bonds. The van der Waals surface area contributed by atoms with Crippen molar-refractivity contribution in [2.75, 3.05) is 13.1 Å². The van der Waals surface area contributed by atoms with Gasteiger partial charge >= 0.3 is 0 Å². The smallest absolute Gasteiger partial charge is 0.225 e. The highest BCUT2D eigenvalue weighted by Gasteiger charge is 2.30. The van der Waals surface area contributed by atoms with Crippen LogP contribution < -0.4 is 0 Å². The minimum Gasteiger partial charge on any atom is -0.347 e. The SMILES string of the molecule is Cn1c(C2CCN(C(=O)C3CCCCC3)CC2)cc2ccccc21. The fourth-order valence-corrected chi connectivity index (χ4v) is 4.71. The minimum absolute atomic E-state index is 0.313. The molecule has 1 aromatic heterocycles. The molecule has 128 valence electrons. The maximum Gasteiger partial charge on any atom is 0.225 e. The summed E-state index contributed by atoms with van der Waals surface area (Å²) in [7, 11) is 2.18. The first-order valence-corrected chi connectivity index (χ1v) is 9.57. The Bertz CT molecular complexity index is 719. The van der Waals surface area contributed by atoms with Gasteiger partial charge in [0.2, 0.25) is 5.91 Å². The van der Waals surface area contributed by atoms with Crippen molar-refractivity contribution in [2.24, 2.45) is 13.0 Å². The highest BCUT2D eigenvalue weighted by atomic mass is 16.2. The Morgan fingerprint density at radius 3 is 2.42 bits per heavy atom. The molecule has 3 heteroatoms. The van der Waals surface area contributed by atoms with Gasteiger partial charge in [-0.3, -0.25) is 4.79 Å². The number of hydrogen-bond donors (Lipinski definition) is 0. The number of likely N-dealkylation sites (tertiary alicyclic amines) is 1. The molecule has 1 saturated carbocycles. The number of amides is 1. The molecule has 2 fully saturated rings. The van der Waals surface area contributed by atoms with E-state index in [-0.39, 0.29) is 0 Å². The first-order valence-electron chi connectivity index (χ1n) is 9.57. The lowest BCUT2D eigenvalue weighted by Gasteiger charge is -2.35. The molecule has 1 aliphatic carbocycles. The number of carbonyl (C=O) groups excluding carboxylic acids is 1. The standard InChI is InChI=1S/C21H28N2O/c1-22-19-10-6-5-9-18(19)15-20(22)16-11-13-23(14-12-16)21(24)17-7-3-2-4-8-17/h5-6,9-10,15-17H,2-4,7-8,11-14H2,1H3. The van der Waals surface area contributed by atoms with Crippen LogP contribution in [0.25, 0.3) is 10.9 Å². The second kappa shape index (κ2) is 6.62. The first-order chi connectivity index (χ1) is 11.7. The Hall–Kier alpha value is -1.77. The lowest BCUT2D eigenvalue weighted by atomic mass is 9.87. The third kappa shape index (κ3) is 2.85. The first kappa shape index (κ1) is 15.7. The van der Waals surface area contributed by atoms with Gasteiger partial charge in [0.1, 0.15) is 0 Å². The maximum absolute atomic E-state index is 12.7. The summed E-state index contributed by atoms with van der Waals surface area (Å²) >= 11 is 0. The highest BCUT2D eigenvalue weighted by Crippen LogP contribution is 2.33. The van der Waals surface area contributed by atoms with Crippen LogP contribution in [-0.2, 0) is 11.8 Å². The Balaban J connectivity index is 1.43. The van der Waals surface area contributed by atoms with Crippen molar-refractivity contribution in [2.45, 2.75) is 50.9 Å². The number of piperidine rings is 1. The predicted molar refractivity (Wildman–Crippen MR) is 98.0 cm³/mol. The van der Waals surface area contributed by atoms with Gasteiger partial charge in [-0.25, -0.2) is 0 Å². The highest BCUT2D eigenvalue weighted by molar-refractivity contribution is 5.81. The molecule has 0 bridgehead atoms. The van der Waals surface area contributed by atoms with Crippen LogP contribution in [0.1, 0.15) is 56.6 Å². The molecule has 24 heavy (non-hydrogen) atoms. The van der Waals surface area contributed by atoms with Crippen molar-refractivity contribution in [3.05, 3.63) is 36.0 Å². The zero-order valence-corrected chi connectivity index (χ0v) is 14.7.